The molecule has 124 valence electrons. The molecule has 0 saturated carbocycles. The Morgan fingerprint density at radius 1 is 1.04 bits per heavy atom. The molecule has 0 heterocycles. The molecule has 0 amide bonds. The lowest BCUT2D eigenvalue weighted by atomic mass is 10.2. The van der Waals surface area contributed by atoms with Crippen LogP contribution in [0.2, 0.25) is 5.02 Å². The number of sulfonamides is 1. The van der Waals surface area contributed by atoms with Crippen LogP contribution in [0.4, 0.5) is 0 Å². The van der Waals surface area contributed by atoms with Crippen LogP contribution < -0.4 is 9.46 Å². The summed E-state index contributed by atoms with van der Waals surface area (Å²) in [5.41, 5.74) is 2.64. The number of nitrogens with one attached hydrogen (secondary N) is 1. The third-order valence-electron chi connectivity index (χ3n) is 3.37. The average molecular weight is 354 g/mol. The van der Waals surface area contributed by atoms with Crippen molar-refractivity contribution < 1.29 is 13.2 Å². The largest absolute Gasteiger partial charge is 0.491 e. The highest BCUT2D eigenvalue weighted by atomic mass is 35.5. The highest BCUT2D eigenvalue weighted by Gasteiger charge is 2.16. The summed E-state index contributed by atoms with van der Waals surface area (Å²) in [5.74, 6) is 0.553. The first-order chi connectivity index (χ1) is 10.8. The SMILES string of the molecule is Cc1ccc(Cl)c(OCCNS(=O)(=O)c2cc(C)ccc2C)c1. The smallest absolute Gasteiger partial charge is 0.240 e. The van der Waals surface area contributed by atoms with Gasteiger partial charge in [-0.25, -0.2) is 13.1 Å². The Labute approximate surface area is 142 Å². The molecule has 1 N–H and O–H groups in total. The highest BCUT2D eigenvalue weighted by molar-refractivity contribution is 7.89. The van der Waals surface area contributed by atoms with Crippen LogP contribution in [0.1, 0.15) is 16.7 Å². The van der Waals surface area contributed by atoms with Gasteiger partial charge in [-0.3, -0.25) is 0 Å². The van der Waals surface area contributed by atoms with Crippen molar-refractivity contribution >= 4 is 21.6 Å². The first-order valence-electron chi connectivity index (χ1n) is 7.25. The van der Waals surface area contributed by atoms with E-state index in [4.69, 9.17) is 16.3 Å². The molecular weight excluding hydrogens is 334 g/mol. The number of ether oxygens (including phenoxy) is 1. The van der Waals surface area contributed by atoms with Gasteiger partial charge in [0.25, 0.3) is 0 Å². The standard InChI is InChI=1S/C17H20ClNO3S/c1-12-5-7-15(18)16(10-12)22-9-8-19-23(20,21)17-11-13(2)4-6-14(17)3/h4-7,10-11,19H,8-9H2,1-3H3. The molecule has 0 atom stereocenters. The predicted octanol–water partition coefficient (Wildman–Crippen LogP) is 3.62. The maximum Gasteiger partial charge on any atom is 0.240 e. The Bertz CT molecular complexity index is 803. The van der Waals surface area contributed by atoms with Crippen molar-refractivity contribution in [1.29, 1.82) is 0 Å². The van der Waals surface area contributed by atoms with Gasteiger partial charge in [-0.1, -0.05) is 29.8 Å². The van der Waals surface area contributed by atoms with E-state index in [1.54, 1.807) is 25.1 Å². The van der Waals surface area contributed by atoms with Crippen molar-refractivity contribution in [2.75, 3.05) is 13.2 Å². The Kier molecular flexibility index (Phi) is 5.68. The maximum absolute atomic E-state index is 12.3. The van der Waals surface area contributed by atoms with E-state index >= 15 is 0 Å². The molecule has 23 heavy (non-hydrogen) atoms. The number of halogens is 1. The summed E-state index contributed by atoms with van der Waals surface area (Å²) < 4.78 is 32.8. The number of rotatable bonds is 6. The van der Waals surface area contributed by atoms with Gasteiger partial charge in [0.15, 0.2) is 0 Å². The first kappa shape index (κ1) is 17.8. The topological polar surface area (TPSA) is 55.4 Å². The summed E-state index contributed by atoms with van der Waals surface area (Å²) in [7, 11) is -3.55. The number of hydrogen-bond donors (Lipinski definition) is 1. The minimum atomic E-state index is -3.55. The molecule has 2 rings (SSSR count). The fourth-order valence-electron chi connectivity index (χ4n) is 2.13. The molecule has 0 radical (unpaired) electrons. The van der Waals surface area contributed by atoms with Crippen LogP contribution >= 0.6 is 11.6 Å². The molecule has 2 aromatic carbocycles. The molecule has 0 unspecified atom stereocenters. The molecule has 0 aliphatic carbocycles. The minimum Gasteiger partial charge on any atom is -0.491 e. The minimum absolute atomic E-state index is 0.167. The fourth-order valence-corrected chi connectivity index (χ4v) is 3.65. The van der Waals surface area contributed by atoms with Crippen LogP contribution in [0.3, 0.4) is 0 Å². The van der Waals surface area contributed by atoms with Gasteiger partial charge in [-0.2, -0.15) is 0 Å². The van der Waals surface area contributed by atoms with Gasteiger partial charge < -0.3 is 4.74 Å². The van der Waals surface area contributed by atoms with E-state index in [1.165, 1.54) is 0 Å². The van der Waals surface area contributed by atoms with Gasteiger partial charge in [0.1, 0.15) is 12.4 Å². The maximum atomic E-state index is 12.3. The molecular formula is C17H20ClNO3S. The van der Waals surface area contributed by atoms with Gasteiger partial charge in [-0.05, 0) is 55.7 Å². The van der Waals surface area contributed by atoms with Crippen LogP contribution in [0.5, 0.6) is 5.75 Å². The summed E-state index contributed by atoms with van der Waals surface area (Å²) in [5, 5.41) is 0.507. The molecule has 0 spiro atoms. The zero-order valence-corrected chi connectivity index (χ0v) is 15.0. The van der Waals surface area contributed by atoms with E-state index in [1.807, 2.05) is 32.0 Å². The van der Waals surface area contributed by atoms with Crippen molar-refractivity contribution in [3.63, 3.8) is 0 Å². The lowest BCUT2D eigenvalue weighted by Gasteiger charge is -2.12. The van der Waals surface area contributed by atoms with Crippen LogP contribution in [0.25, 0.3) is 0 Å². The molecule has 0 aromatic heterocycles. The van der Waals surface area contributed by atoms with Crippen LogP contribution in [0.15, 0.2) is 41.3 Å². The predicted molar refractivity (Wildman–Crippen MR) is 92.8 cm³/mol. The Morgan fingerprint density at radius 2 is 1.70 bits per heavy atom. The lowest BCUT2D eigenvalue weighted by molar-refractivity contribution is 0.323. The quantitative estimate of drug-likeness (QED) is 0.807. The zero-order chi connectivity index (χ0) is 17.0. The second-order valence-electron chi connectivity index (χ2n) is 5.45. The van der Waals surface area contributed by atoms with Gasteiger partial charge in [-0.15, -0.1) is 0 Å². The Balaban J connectivity index is 1.98. The number of hydrogen-bond acceptors (Lipinski definition) is 3. The molecule has 2 aromatic rings. The second-order valence-corrected chi connectivity index (χ2v) is 7.59. The van der Waals surface area contributed by atoms with Crippen molar-refractivity contribution in [2.24, 2.45) is 0 Å². The van der Waals surface area contributed by atoms with E-state index in [0.717, 1.165) is 11.1 Å². The molecule has 0 fully saturated rings. The summed E-state index contributed by atoms with van der Waals surface area (Å²) in [6, 6.07) is 10.8. The molecule has 0 aliphatic rings. The van der Waals surface area contributed by atoms with E-state index in [9.17, 15) is 8.42 Å². The van der Waals surface area contributed by atoms with Crippen molar-refractivity contribution in [1.82, 2.24) is 4.72 Å². The second kappa shape index (κ2) is 7.34. The zero-order valence-electron chi connectivity index (χ0n) is 13.4. The molecule has 4 nitrogen and oxygen atoms in total. The van der Waals surface area contributed by atoms with E-state index in [2.05, 4.69) is 4.72 Å². The molecule has 6 heteroatoms. The molecule has 0 aliphatic heterocycles. The van der Waals surface area contributed by atoms with E-state index in [-0.39, 0.29) is 13.2 Å². The van der Waals surface area contributed by atoms with Crippen LogP contribution in [-0.2, 0) is 10.0 Å². The van der Waals surface area contributed by atoms with Crippen molar-refractivity contribution in [3.05, 3.63) is 58.1 Å². The van der Waals surface area contributed by atoms with Gasteiger partial charge in [0.2, 0.25) is 10.0 Å². The third-order valence-corrected chi connectivity index (χ3v) is 5.29. The van der Waals surface area contributed by atoms with Crippen LogP contribution in [0, 0.1) is 20.8 Å². The lowest BCUT2D eigenvalue weighted by Crippen LogP contribution is -2.28. The third kappa shape index (κ3) is 4.70. The van der Waals surface area contributed by atoms with E-state index < -0.39 is 10.0 Å². The van der Waals surface area contributed by atoms with Crippen molar-refractivity contribution in [2.45, 2.75) is 25.7 Å². The van der Waals surface area contributed by atoms with Gasteiger partial charge >= 0.3 is 0 Å². The fraction of sp³-hybridized carbons (Fsp3) is 0.294. The number of aryl methyl sites for hydroxylation is 3. The molecule has 0 bridgehead atoms. The monoisotopic (exact) mass is 353 g/mol. The van der Waals surface area contributed by atoms with Crippen molar-refractivity contribution in [3.8, 4) is 5.75 Å². The molecule has 0 saturated heterocycles. The Morgan fingerprint density at radius 3 is 2.43 bits per heavy atom. The van der Waals surface area contributed by atoms with Gasteiger partial charge in [0.05, 0.1) is 9.92 Å². The average Bonchev–Trinajstić information content (AvgIpc) is 2.49. The van der Waals surface area contributed by atoms with Gasteiger partial charge in [0, 0.05) is 6.54 Å². The number of benzene rings is 2. The van der Waals surface area contributed by atoms with E-state index in [0.29, 0.717) is 21.2 Å². The summed E-state index contributed by atoms with van der Waals surface area (Å²) in [6.45, 7) is 5.94. The first-order valence-corrected chi connectivity index (χ1v) is 9.11. The summed E-state index contributed by atoms with van der Waals surface area (Å²) in [4.78, 5) is 0.297. The normalized spacial score (nSPS) is 11.5. The summed E-state index contributed by atoms with van der Waals surface area (Å²) >= 11 is 6.04. The summed E-state index contributed by atoms with van der Waals surface area (Å²) in [6.07, 6.45) is 0. The Hall–Kier alpha value is -1.56. The van der Waals surface area contributed by atoms with Crippen LogP contribution in [-0.4, -0.2) is 21.6 Å². The highest BCUT2D eigenvalue weighted by Crippen LogP contribution is 2.25.